The predicted molar refractivity (Wildman–Crippen MR) is 197 cm³/mol. The van der Waals surface area contributed by atoms with Gasteiger partial charge in [0.05, 0.1) is 6.10 Å². The van der Waals surface area contributed by atoms with Crippen molar-refractivity contribution >= 4 is 17.9 Å². The van der Waals surface area contributed by atoms with Crippen molar-refractivity contribution in [1.82, 2.24) is 0 Å². The van der Waals surface area contributed by atoms with E-state index in [0.29, 0.717) is 44.3 Å². The van der Waals surface area contributed by atoms with Crippen LogP contribution in [0.4, 0.5) is 0 Å². The largest absolute Gasteiger partial charge is 0.481 e. The van der Waals surface area contributed by atoms with Crippen molar-refractivity contribution in [2.24, 2.45) is 0 Å². The summed E-state index contributed by atoms with van der Waals surface area (Å²) < 4.78 is 10.6. The highest BCUT2D eigenvalue weighted by atomic mass is 17.1. The Kier molecular flexibility index (Phi) is 42.1. The number of allylic oxidation sites excluding steroid dienone is 1. The van der Waals surface area contributed by atoms with Gasteiger partial charge in [0.15, 0.2) is 0 Å². The number of hydrogen-bond acceptors (Lipinski definition) is 8. The standard InChI is InChI=1S/C22H34O4.C10H18O4.C6H10O.CH4/c1-5-15-19(7-3)25-21(23)17-13-11-9-10-12-14-18-22(24)26-20(8-4)16-6-2;1-9(14-13)7-5-3-2-4-6-8-10(11)12;1-3-5-6(7)4-2;/h5-8,19-20H,1-4,9-18H2;13H,1-8H2,(H,11,12);3-4,6-7H,1-2,5H2;1H4. The first kappa shape index (κ1) is 51.2. The van der Waals surface area contributed by atoms with Gasteiger partial charge < -0.3 is 24.6 Å². The van der Waals surface area contributed by atoms with Gasteiger partial charge in [-0.25, -0.2) is 5.26 Å². The lowest BCUT2D eigenvalue weighted by molar-refractivity contribution is -0.205. The summed E-state index contributed by atoms with van der Waals surface area (Å²) in [5.41, 5.74) is 0. The van der Waals surface area contributed by atoms with Gasteiger partial charge in [-0.15, -0.1) is 26.3 Å². The molecule has 9 heteroatoms. The Labute approximate surface area is 291 Å². The van der Waals surface area contributed by atoms with Crippen LogP contribution in [0.2, 0.25) is 0 Å². The van der Waals surface area contributed by atoms with E-state index in [-0.39, 0.29) is 38.0 Å². The van der Waals surface area contributed by atoms with Gasteiger partial charge >= 0.3 is 17.9 Å². The Balaban J connectivity index is -0.000000366. The molecule has 0 aliphatic carbocycles. The molecule has 3 unspecified atom stereocenters. The van der Waals surface area contributed by atoms with Crippen LogP contribution in [0.1, 0.15) is 123 Å². The third kappa shape index (κ3) is 40.3. The number of aliphatic carboxylic acids is 1. The van der Waals surface area contributed by atoms with Gasteiger partial charge in [-0.3, -0.25) is 14.4 Å². The fraction of sp³-hybridized carbons (Fsp3) is 0.564. The summed E-state index contributed by atoms with van der Waals surface area (Å²) >= 11 is 0. The number of hydrogen-bond donors (Lipinski definition) is 3. The van der Waals surface area contributed by atoms with Crippen LogP contribution < -0.4 is 0 Å². The lowest BCUT2D eigenvalue weighted by Crippen LogP contribution is -2.15. The van der Waals surface area contributed by atoms with E-state index in [9.17, 15) is 14.4 Å². The van der Waals surface area contributed by atoms with Gasteiger partial charge in [-0.1, -0.05) is 109 Å². The van der Waals surface area contributed by atoms with Gasteiger partial charge in [0.2, 0.25) is 0 Å². The Bertz CT molecular complexity index is 852. The van der Waals surface area contributed by atoms with Gasteiger partial charge in [0, 0.05) is 38.5 Å². The number of unbranched alkanes of at least 4 members (excludes halogenated alkanes) is 9. The smallest absolute Gasteiger partial charge is 0.306 e. The Morgan fingerprint density at radius 2 is 0.917 bits per heavy atom. The zero-order valence-electron chi connectivity index (χ0n) is 28.7. The fourth-order valence-corrected chi connectivity index (χ4v) is 3.86. The molecule has 0 heterocycles. The maximum absolute atomic E-state index is 11.7. The highest BCUT2D eigenvalue weighted by Gasteiger charge is 2.10. The second kappa shape index (κ2) is 39.5. The number of carbonyl (C=O) groups excluding carboxylic acids is 2. The van der Waals surface area contributed by atoms with E-state index >= 15 is 0 Å². The molecule has 0 aliphatic heterocycles. The molecular formula is C39H66O9. The molecule has 3 N–H and O–H groups in total. The van der Waals surface area contributed by atoms with Crippen molar-refractivity contribution in [3.63, 3.8) is 0 Å². The molecule has 0 rings (SSSR count). The van der Waals surface area contributed by atoms with Crippen LogP contribution >= 0.6 is 0 Å². The van der Waals surface area contributed by atoms with Crippen molar-refractivity contribution in [2.75, 3.05) is 0 Å². The van der Waals surface area contributed by atoms with Crippen LogP contribution in [0.5, 0.6) is 0 Å². The highest BCUT2D eigenvalue weighted by Crippen LogP contribution is 2.13. The van der Waals surface area contributed by atoms with Crippen LogP contribution in [-0.2, 0) is 28.7 Å². The minimum Gasteiger partial charge on any atom is -0.481 e. The molecule has 0 spiro atoms. The number of rotatable bonds is 29. The topological polar surface area (TPSA) is 140 Å². The predicted octanol–water partition coefficient (Wildman–Crippen LogP) is 10.0. The van der Waals surface area contributed by atoms with Gasteiger partial charge in [0.1, 0.15) is 18.0 Å². The minimum atomic E-state index is -0.730. The number of carbonyl (C=O) groups is 3. The van der Waals surface area contributed by atoms with E-state index in [0.717, 1.165) is 70.6 Å². The molecule has 9 nitrogen and oxygen atoms in total. The van der Waals surface area contributed by atoms with Crippen LogP contribution in [0.15, 0.2) is 88.3 Å². The van der Waals surface area contributed by atoms with Gasteiger partial charge in [-0.05, 0) is 32.1 Å². The summed E-state index contributed by atoms with van der Waals surface area (Å²) in [6.45, 7) is 24.8. The fourth-order valence-electron chi connectivity index (χ4n) is 3.86. The van der Waals surface area contributed by atoms with Crippen LogP contribution in [0.3, 0.4) is 0 Å². The van der Waals surface area contributed by atoms with Crippen LogP contribution in [0, 0.1) is 0 Å². The SMILES string of the molecule is C.C=C(CCCCCCCC(=O)O)OO.C=CCC(C=C)OC(=O)CCCCCCCCC(=O)OC(C=C)CC=C.C=CCC(O)C=C. The molecule has 0 aromatic heterocycles. The number of esters is 2. The molecule has 0 aliphatic rings. The molecule has 48 heavy (non-hydrogen) atoms. The number of carboxylic acid groups (broad SMARTS) is 1. The second-order valence-corrected chi connectivity index (χ2v) is 10.8. The third-order valence-corrected chi connectivity index (χ3v) is 6.56. The van der Waals surface area contributed by atoms with E-state index in [1.165, 1.54) is 6.08 Å². The molecule has 0 bridgehead atoms. The van der Waals surface area contributed by atoms with E-state index in [1.807, 2.05) is 0 Å². The maximum atomic E-state index is 11.7. The van der Waals surface area contributed by atoms with E-state index in [4.69, 9.17) is 24.9 Å². The monoisotopic (exact) mass is 678 g/mol. The average molecular weight is 679 g/mol. The lowest BCUT2D eigenvalue weighted by atomic mass is 10.1. The molecule has 3 atom stereocenters. The molecular weight excluding hydrogens is 612 g/mol. The number of aliphatic hydroxyl groups is 1. The zero-order chi connectivity index (χ0) is 36.1. The third-order valence-electron chi connectivity index (χ3n) is 6.56. The van der Waals surface area contributed by atoms with E-state index < -0.39 is 12.1 Å². The van der Waals surface area contributed by atoms with Crippen molar-refractivity contribution in [3.05, 3.63) is 88.3 Å². The molecule has 276 valence electrons. The van der Waals surface area contributed by atoms with Crippen molar-refractivity contribution in [3.8, 4) is 0 Å². The molecule has 0 aromatic rings. The molecule has 0 saturated heterocycles. The quantitative estimate of drug-likeness (QED) is 0.0176. The van der Waals surface area contributed by atoms with Gasteiger partial charge in [-0.2, -0.15) is 0 Å². The molecule has 0 radical (unpaired) electrons. The highest BCUT2D eigenvalue weighted by molar-refractivity contribution is 5.70. The molecule has 0 aromatic carbocycles. The average Bonchev–Trinajstić information content (AvgIpc) is 3.05. The number of ether oxygens (including phenoxy) is 2. The number of aliphatic hydroxyl groups excluding tert-OH is 1. The molecule has 0 fully saturated rings. The summed E-state index contributed by atoms with van der Waals surface area (Å²) in [6.07, 6.45) is 22.8. The van der Waals surface area contributed by atoms with E-state index in [2.05, 4.69) is 50.9 Å². The summed E-state index contributed by atoms with van der Waals surface area (Å²) in [5, 5.41) is 25.2. The summed E-state index contributed by atoms with van der Waals surface area (Å²) in [6, 6.07) is 0. The zero-order valence-corrected chi connectivity index (χ0v) is 28.7. The first-order valence-corrected chi connectivity index (χ1v) is 16.5. The Hall–Kier alpha value is -3.69. The Morgan fingerprint density at radius 3 is 1.21 bits per heavy atom. The lowest BCUT2D eigenvalue weighted by Gasteiger charge is -2.12. The summed E-state index contributed by atoms with van der Waals surface area (Å²) in [4.78, 5) is 37.5. The van der Waals surface area contributed by atoms with Crippen molar-refractivity contribution in [1.29, 1.82) is 0 Å². The van der Waals surface area contributed by atoms with Crippen LogP contribution in [0.25, 0.3) is 0 Å². The van der Waals surface area contributed by atoms with Crippen LogP contribution in [-0.4, -0.2) is 51.7 Å². The van der Waals surface area contributed by atoms with Crippen molar-refractivity contribution < 1.29 is 44.2 Å². The second-order valence-electron chi connectivity index (χ2n) is 10.8. The normalized spacial score (nSPS) is 11.5. The maximum Gasteiger partial charge on any atom is 0.306 e. The molecule has 0 amide bonds. The summed E-state index contributed by atoms with van der Waals surface area (Å²) in [7, 11) is 0. The first-order chi connectivity index (χ1) is 22.5. The molecule has 0 saturated carbocycles. The van der Waals surface area contributed by atoms with Gasteiger partial charge in [0.25, 0.3) is 0 Å². The van der Waals surface area contributed by atoms with E-state index in [1.54, 1.807) is 30.4 Å². The number of carboxylic acids is 1. The van der Waals surface area contributed by atoms with Crippen molar-refractivity contribution in [2.45, 2.75) is 141 Å². The first-order valence-electron chi connectivity index (χ1n) is 16.5. The minimum absolute atomic E-state index is 0. The Morgan fingerprint density at radius 1 is 0.562 bits per heavy atom. The summed E-state index contributed by atoms with van der Waals surface area (Å²) in [5.74, 6) is -0.714.